The standard InChI is InChI=1S/C16H17N3O2/c1-3-20-16-15-12(2)14(9-19(15)18-11-17-16)21-10-13-7-5-4-6-8-13/h4-9,11H,3,10H2,1-2H3. The van der Waals surface area contributed by atoms with Gasteiger partial charge in [0.25, 0.3) is 0 Å². The lowest BCUT2D eigenvalue weighted by Crippen LogP contribution is -1.99. The summed E-state index contributed by atoms with van der Waals surface area (Å²) in [6.07, 6.45) is 3.34. The van der Waals surface area contributed by atoms with Crippen molar-refractivity contribution in [3.8, 4) is 11.6 Å². The number of aryl methyl sites for hydroxylation is 1. The van der Waals surface area contributed by atoms with Crippen molar-refractivity contribution in [1.82, 2.24) is 14.6 Å². The summed E-state index contributed by atoms with van der Waals surface area (Å²) in [5.41, 5.74) is 2.96. The fourth-order valence-electron chi connectivity index (χ4n) is 2.23. The van der Waals surface area contributed by atoms with E-state index < -0.39 is 0 Å². The predicted molar refractivity (Wildman–Crippen MR) is 79.7 cm³/mol. The van der Waals surface area contributed by atoms with Gasteiger partial charge in [0, 0.05) is 5.56 Å². The van der Waals surface area contributed by atoms with Crippen LogP contribution in [0.25, 0.3) is 5.52 Å². The van der Waals surface area contributed by atoms with Crippen molar-refractivity contribution in [1.29, 1.82) is 0 Å². The molecular formula is C16H17N3O2. The van der Waals surface area contributed by atoms with E-state index >= 15 is 0 Å². The van der Waals surface area contributed by atoms with Crippen molar-refractivity contribution in [3.63, 3.8) is 0 Å². The summed E-state index contributed by atoms with van der Waals surface area (Å²) in [5, 5.41) is 4.21. The van der Waals surface area contributed by atoms with Crippen LogP contribution in [0.5, 0.6) is 11.6 Å². The van der Waals surface area contributed by atoms with Crippen LogP contribution in [-0.4, -0.2) is 21.2 Å². The summed E-state index contributed by atoms with van der Waals surface area (Å²) in [7, 11) is 0. The SMILES string of the molecule is CCOc1ncnn2cc(OCc3ccccc3)c(C)c12. The number of rotatable bonds is 5. The number of aromatic nitrogens is 3. The molecule has 5 heteroatoms. The maximum absolute atomic E-state index is 5.90. The highest BCUT2D eigenvalue weighted by molar-refractivity contribution is 5.66. The Morgan fingerprint density at radius 1 is 1.14 bits per heavy atom. The molecule has 0 bridgehead atoms. The summed E-state index contributed by atoms with van der Waals surface area (Å²) in [6.45, 7) is 5.01. The predicted octanol–water partition coefficient (Wildman–Crippen LogP) is 3.02. The smallest absolute Gasteiger partial charge is 0.241 e. The molecule has 0 aliphatic carbocycles. The Hall–Kier alpha value is -2.56. The molecule has 2 aromatic heterocycles. The zero-order valence-electron chi connectivity index (χ0n) is 12.1. The first-order valence-electron chi connectivity index (χ1n) is 6.92. The van der Waals surface area contributed by atoms with Crippen molar-refractivity contribution in [2.75, 3.05) is 6.61 Å². The Kier molecular flexibility index (Phi) is 3.73. The number of nitrogens with zero attached hydrogens (tertiary/aromatic N) is 3. The molecule has 1 aromatic carbocycles. The molecule has 0 saturated carbocycles. The molecule has 21 heavy (non-hydrogen) atoms. The highest BCUT2D eigenvalue weighted by atomic mass is 16.5. The van der Waals surface area contributed by atoms with Crippen molar-refractivity contribution >= 4 is 5.52 Å². The number of fused-ring (bicyclic) bond motifs is 1. The van der Waals surface area contributed by atoms with E-state index in [0.29, 0.717) is 19.1 Å². The average molecular weight is 283 g/mol. The molecule has 0 aliphatic rings. The first kappa shape index (κ1) is 13.4. The second-order valence-electron chi connectivity index (χ2n) is 4.68. The van der Waals surface area contributed by atoms with E-state index in [4.69, 9.17) is 9.47 Å². The summed E-state index contributed by atoms with van der Waals surface area (Å²) in [6, 6.07) is 10.1. The first-order valence-corrected chi connectivity index (χ1v) is 6.92. The molecule has 0 saturated heterocycles. The lowest BCUT2D eigenvalue weighted by atomic mass is 10.2. The zero-order chi connectivity index (χ0) is 14.7. The molecule has 3 rings (SSSR count). The third kappa shape index (κ3) is 2.67. The number of hydrogen-bond acceptors (Lipinski definition) is 4. The van der Waals surface area contributed by atoms with Crippen molar-refractivity contribution in [2.45, 2.75) is 20.5 Å². The Balaban J connectivity index is 1.89. The molecule has 0 aliphatic heterocycles. The second-order valence-corrected chi connectivity index (χ2v) is 4.68. The molecule has 0 N–H and O–H groups in total. The van der Waals surface area contributed by atoms with Gasteiger partial charge in [-0.25, -0.2) is 4.52 Å². The molecule has 0 atom stereocenters. The van der Waals surface area contributed by atoms with Gasteiger partial charge >= 0.3 is 0 Å². The molecule has 0 radical (unpaired) electrons. The van der Waals surface area contributed by atoms with Crippen molar-refractivity contribution in [3.05, 3.63) is 54.0 Å². The van der Waals surface area contributed by atoms with E-state index in [0.717, 1.165) is 22.4 Å². The van der Waals surface area contributed by atoms with Gasteiger partial charge in [-0.15, -0.1) is 0 Å². The van der Waals surface area contributed by atoms with Crippen molar-refractivity contribution in [2.24, 2.45) is 0 Å². The van der Waals surface area contributed by atoms with E-state index in [1.165, 1.54) is 6.33 Å². The van der Waals surface area contributed by atoms with Gasteiger partial charge < -0.3 is 9.47 Å². The van der Waals surface area contributed by atoms with Crippen LogP contribution >= 0.6 is 0 Å². The Morgan fingerprint density at radius 3 is 2.71 bits per heavy atom. The van der Waals surface area contributed by atoms with Gasteiger partial charge in [-0.1, -0.05) is 30.3 Å². The number of benzene rings is 1. The first-order chi connectivity index (χ1) is 10.3. The van der Waals surface area contributed by atoms with Gasteiger partial charge in [0.2, 0.25) is 5.88 Å². The summed E-state index contributed by atoms with van der Waals surface area (Å²) >= 11 is 0. The fourth-order valence-corrected chi connectivity index (χ4v) is 2.23. The van der Waals surface area contributed by atoms with Crippen LogP contribution in [0.3, 0.4) is 0 Å². The minimum atomic E-state index is 0.524. The van der Waals surface area contributed by atoms with Gasteiger partial charge in [-0.3, -0.25) is 0 Å². The molecule has 0 spiro atoms. The van der Waals surface area contributed by atoms with Crippen LogP contribution in [0.15, 0.2) is 42.9 Å². The maximum Gasteiger partial charge on any atom is 0.241 e. The quantitative estimate of drug-likeness (QED) is 0.722. The molecule has 3 aromatic rings. The maximum atomic E-state index is 5.90. The highest BCUT2D eigenvalue weighted by Gasteiger charge is 2.14. The van der Waals surface area contributed by atoms with Gasteiger partial charge in [-0.2, -0.15) is 10.1 Å². The molecule has 5 nitrogen and oxygen atoms in total. The molecule has 0 fully saturated rings. The number of hydrogen-bond donors (Lipinski definition) is 0. The summed E-state index contributed by atoms with van der Waals surface area (Å²) in [5.74, 6) is 1.37. The number of ether oxygens (including phenoxy) is 2. The van der Waals surface area contributed by atoms with Crippen LogP contribution in [-0.2, 0) is 6.61 Å². The fraction of sp³-hybridized carbons (Fsp3) is 0.250. The van der Waals surface area contributed by atoms with E-state index in [1.54, 1.807) is 4.52 Å². The molecule has 0 amide bonds. The monoisotopic (exact) mass is 283 g/mol. The van der Waals surface area contributed by atoms with Crippen LogP contribution < -0.4 is 9.47 Å². The summed E-state index contributed by atoms with van der Waals surface area (Å²) < 4.78 is 13.2. The van der Waals surface area contributed by atoms with Crippen LogP contribution in [0.2, 0.25) is 0 Å². The minimum Gasteiger partial charge on any atom is -0.487 e. The Bertz CT molecular complexity index is 738. The minimum absolute atomic E-state index is 0.524. The van der Waals surface area contributed by atoms with Gasteiger partial charge in [0.05, 0.1) is 12.8 Å². The molecular weight excluding hydrogens is 266 g/mol. The largest absolute Gasteiger partial charge is 0.487 e. The van der Waals surface area contributed by atoms with Gasteiger partial charge in [-0.05, 0) is 19.4 Å². The van der Waals surface area contributed by atoms with E-state index in [9.17, 15) is 0 Å². The van der Waals surface area contributed by atoms with Gasteiger partial charge in [0.15, 0.2) is 0 Å². The van der Waals surface area contributed by atoms with Crippen LogP contribution in [0, 0.1) is 6.92 Å². The van der Waals surface area contributed by atoms with E-state index in [-0.39, 0.29) is 0 Å². The summed E-state index contributed by atoms with van der Waals surface area (Å²) in [4.78, 5) is 4.18. The van der Waals surface area contributed by atoms with Crippen LogP contribution in [0.1, 0.15) is 18.1 Å². The van der Waals surface area contributed by atoms with Crippen LogP contribution in [0.4, 0.5) is 0 Å². The normalized spacial score (nSPS) is 10.8. The topological polar surface area (TPSA) is 48.7 Å². The van der Waals surface area contributed by atoms with Gasteiger partial charge in [0.1, 0.15) is 24.2 Å². The van der Waals surface area contributed by atoms with Crippen molar-refractivity contribution < 1.29 is 9.47 Å². The second kappa shape index (κ2) is 5.83. The average Bonchev–Trinajstić information content (AvgIpc) is 2.84. The van der Waals surface area contributed by atoms with E-state index in [2.05, 4.69) is 10.1 Å². The Labute approximate surface area is 123 Å². The lowest BCUT2D eigenvalue weighted by Gasteiger charge is -2.05. The van der Waals surface area contributed by atoms with E-state index in [1.807, 2.05) is 50.4 Å². The molecule has 2 heterocycles. The third-order valence-corrected chi connectivity index (χ3v) is 3.27. The highest BCUT2D eigenvalue weighted by Crippen LogP contribution is 2.29. The molecule has 108 valence electrons. The lowest BCUT2D eigenvalue weighted by molar-refractivity contribution is 0.304. The Morgan fingerprint density at radius 2 is 1.95 bits per heavy atom. The molecule has 0 unspecified atom stereocenters. The zero-order valence-corrected chi connectivity index (χ0v) is 12.1. The third-order valence-electron chi connectivity index (χ3n) is 3.27.